The number of methoxy groups -OCH3 is 1. The molecule has 1 aromatic heterocycles. The molecule has 0 amide bonds. The summed E-state index contributed by atoms with van der Waals surface area (Å²) in [5.74, 6) is 0.832. The van der Waals surface area contributed by atoms with Crippen LogP contribution >= 0.6 is 23.2 Å². The minimum absolute atomic E-state index is 0.110. The van der Waals surface area contributed by atoms with E-state index in [9.17, 15) is 4.79 Å². The van der Waals surface area contributed by atoms with Gasteiger partial charge in [-0.15, -0.1) is 0 Å². The molecule has 0 N–H and O–H groups in total. The number of halogens is 2. The van der Waals surface area contributed by atoms with E-state index in [2.05, 4.69) is 0 Å². The molecule has 0 saturated heterocycles. The standard InChI is InChI=1S/C14H12Cl2O3/c1-18-8-10-3-5-14(19-10)13(17)7-9-2-4-11(15)12(16)6-9/h2-6H,7-8H2,1H3. The van der Waals surface area contributed by atoms with Gasteiger partial charge in [0.05, 0.1) is 10.0 Å². The van der Waals surface area contributed by atoms with Gasteiger partial charge in [0.15, 0.2) is 5.76 Å². The Balaban J connectivity index is 2.09. The Morgan fingerprint density at radius 2 is 2.00 bits per heavy atom. The molecule has 3 nitrogen and oxygen atoms in total. The van der Waals surface area contributed by atoms with E-state index < -0.39 is 0 Å². The maximum absolute atomic E-state index is 12.0. The van der Waals surface area contributed by atoms with Gasteiger partial charge in [-0.25, -0.2) is 0 Å². The molecule has 100 valence electrons. The molecule has 2 rings (SSSR count). The molecule has 2 aromatic rings. The lowest BCUT2D eigenvalue weighted by Gasteiger charge is -2.01. The fourth-order valence-electron chi connectivity index (χ4n) is 1.67. The second-order valence-electron chi connectivity index (χ2n) is 4.05. The molecule has 0 aliphatic heterocycles. The Kier molecular flexibility index (Phi) is 4.64. The predicted octanol–water partition coefficient (Wildman–Crippen LogP) is 4.16. The van der Waals surface area contributed by atoms with E-state index in [0.29, 0.717) is 28.2 Å². The zero-order valence-corrected chi connectivity index (χ0v) is 11.8. The second kappa shape index (κ2) is 6.24. The van der Waals surface area contributed by atoms with Crippen LogP contribution in [0, 0.1) is 0 Å². The summed E-state index contributed by atoms with van der Waals surface area (Å²) in [5, 5.41) is 0.907. The van der Waals surface area contributed by atoms with Crippen LogP contribution in [0.25, 0.3) is 0 Å². The lowest BCUT2D eigenvalue weighted by atomic mass is 10.1. The Bertz CT molecular complexity index is 590. The minimum atomic E-state index is -0.110. The van der Waals surface area contributed by atoms with Gasteiger partial charge in [-0.05, 0) is 29.8 Å². The quantitative estimate of drug-likeness (QED) is 0.778. The van der Waals surface area contributed by atoms with Crippen LogP contribution in [0.15, 0.2) is 34.7 Å². The number of carbonyl (C=O) groups excluding carboxylic acids is 1. The van der Waals surface area contributed by atoms with Gasteiger partial charge >= 0.3 is 0 Å². The molecule has 0 spiro atoms. The molecule has 1 heterocycles. The number of furan rings is 1. The number of benzene rings is 1. The van der Waals surface area contributed by atoms with E-state index >= 15 is 0 Å². The number of ketones is 1. The van der Waals surface area contributed by atoms with Gasteiger partial charge < -0.3 is 9.15 Å². The highest BCUT2D eigenvalue weighted by atomic mass is 35.5. The summed E-state index contributed by atoms with van der Waals surface area (Å²) >= 11 is 11.7. The molecular formula is C14H12Cl2O3. The molecule has 0 saturated carbocycles. The molecule has 0 fully saturated rings. The average molecular weight is 299 g/mol. The SMILES string of the molecule is COCc1ccc(C(=O)Cc2ccc(Cl)c(Cl)c2)o1. The molecule has 0 aliphatic rings. The third-order valence-electron chi connectivity index (χ3n) is 2.57. The van der Waals surface area contributed by atoms with Crippen LogP contribution in [-0.2, 0) is 17.8 Å². The van der Waals surface area contributed by atoms with Crippen LogP contribution in [0.5, 0.6) is 0 Å². The summed E-state index contributed by atoms with van der Waals surface area (Å²) in [6.07, 6.45) is 0.219. The van der Waals surface area contributed by atoms with Crippen molar-refractivity contribution in [3.63, 3.8) is 0 Å². The van der Waals surface area contributed by atoms with Crippen molar-refractivity contribution in [1.29, 1.82) is 0 Å². The molecule has 0 atom stereocenters. The molecule has 0 radical (unpaired) electrons. The number of ether oxygens (including phenoxy) is 1. The molecule has 5 heteroatoms. The number of Topliss-reactive ketones (excluding diaryl/α,β-unsaturated/α-hetero) is 1. The zero-order chi connectivity index (χ0) is 13.8. The lowest BCUT2D eigenvalue weighted by molar-refractivity contribution is 0.0957. The second-order valence-corrected chi connectivity index (χ2v) is 4.86. The highest BCUT2D eigenvalue weighted by Crippen LogP contribution is 2.23. The largest absolute Gasteiger partial charge is 0.456 e. The third kappa shape index (κ3) is 3.60. The van der Waals surface area contributed by atoms with Crippen molar-refractivity contribution >= 4 is 29.0 Å². The zero-order valence-electron chi connectivity index (χ0n) is 10.3. The van der Waals surface area contributed by atoms with Crippen LogP contribution in [0.4, 0.5) is 0 Å². The minimum Gasteiger partial charge on any atom is -0.456 e. The van der Waals surface area contributed by atoms with Crippen LogP contribution in [0.3, 0.4) is 0 Å². The fourth-order valence-corrected chi connectivity index (χ4v) is 1.99. The number of rotatable bonds is 5. The lowest BCUT2D eigenvalue weighted by Crippen LogP contribution is -2.02. The Morgan fingerprint density at radius 1 is 1.21 bits per heavy atom. The number of hydrogen-bond donors (Lipinski definition) is 0. The first-order valence-corrected chi connectivity index (χ1v) is 6.40. The first kappa shape index (κ1) is 14.1. The van der Waals surface area contributed by atoms with E-state index in [1.807, 2.05) is 0 Å². The molecule has 19 heavy (non-hydrogen) atoms. The topological polar surface area (TPSA) is 39.4 Å². The Labute approximate surface area is 121 Å². The van der Waals surface area contributed by atoms with Gasteiger partial charge in [0.2, 0.25) is 5.78 Å². The summed E-state index contributed by atoms with van der Waals surface area (Å²) in [5.41, 5.74) is 0.795. The van der Waals surface area contributed by atoms with Crippen LogP contribution in [-0.4, -0.2) is 12.9 Å². The Morgan fingerprint density at radius 3 is 2.68 bits per heavy atom. The number of hydrogen-bond acceptors (Lipinski definition) is 3. The van der Waals surface area contributed by atoms with Gasteiger partial charge in [-0.2, -0.15) is 0 Å². The molecule has 0 unspecified atom stereocenters. The number of carbonyl (C=O) groups is 1. The van der Waals surface area contributed by atoms with Gasteiger partial charge in [0.25, 0.3) is 0 Å². The maximum Gasteiger partial charge on any atom is 0.202 e. The molecule has 0 aliphatic carbocycles. The summed E-state index contributed by atoms with van der Waals surface area (Å²) in [6, 6.07) is 8.50. The van der Waals surface area contributed by atoms with E-state index in [-0.39, 0.29) is 12.2 Å². The van der Waals surface area contributed by atoms with Gasteiger partial charge in [0.1, 0.15) is 12.4 Å². The van der Waals surface area contributed by atoms with Crippen molar-refractivity contribution in [1.82, 2.24) is 0 Å². The fraction of sp³-hybridized carbons (Fsp3) is 0.214. The van der Waals surface area contributed by atoms with E-state index in [4.69, 9.17) is 32.4 Å². The van der Waals surface area contributed by atoms with Crippen LogP contribution in [0.2, 0.25) is 10.0 Å². The van der Waals surface area contributed by atoms with Crippen molar-refractivity contribution in [2.75, 3.05) is 7.11 Å². The highest BCUT2D eigenvalue weighted by molar-refractivity contribution is 6.42. The van der Waals surface area contributed by atoms with Crippen LogP contribution < -0.4 is 0 Å². The Hall–Kier alpha value is -1.29. The first-order chi connectivity index (χ1) is 9.10. The first-order valence-electron chi connectivity index (χ1n) is 5.65. The highest BCUT2D eigenvalue weighted by Gasteiger charge is 2.12. The van der Waals surface area contributed by atoms with Crippen molar-refractivity contribution in [2.24, 2.45) is 0 Å². The van der Waals surface area contributed by atoms with Crippen molar-refractivity contribution in [3.05, 3.63) is 57.5 Å². The predicted molar refractivity (Wildman–Crippen MR) is 73.9 cm³/mol. The molecule has 1 aromatic carbocycles. The van der Waals surface area contributed by atoms with E-state index in [1.54, 1.807) is 37.4 Å². The summed E-state index contributed by atoms with van der Waals surface area (Å²) in [4.78, 5) is 12.0. The summed E-state index contributed by atoms with van der Waals surface area (Å²) < 4.78 is 10.3. The average Bonchev–Trinajstić information content (AvgIpc) is 2.83. The monoisotopic (exact) mass is 298 g/mol. The summed E-state index contributed by atoms with van der Waals surface area (Å²) in [7, 11) is 1.57. The van der Waals surface area contributed by atoms with Crippen LogP contribution in [0.1, 0.15) is 21.9 Å². The van der Waals surface area contributed by atoms with Gasteiger partial charge in [0, 0.05) is 13.5 Å². The molecular weight excluding hydrogens is 287 g/mol. The smallest absolute Gasteiger partial charge is 0.202 e. The maximum atomic E-state index is 12.0. The van der Waals surface area contributed by atoms with Crippen molar-refractivity contribution < 1.29 is 13.9 Å². The van der Waals surface area contributed by atoms with E-state index in [1.165, 1.54) is 0 Å². The van der Waals surface area contributed by atoms with E-state index in [0.717, 1.165) is 5.56 Å². The molecule has 0 bridgehead atoms. The third-order valence-corrected chi connectivity index (χ3v) is 3.31. The van der Waals surface area contributed by atoms with Gasteiger partial charge in [-0.3, -0.25) is 4.79 Å². The van der Waals surface area contributed by atoms with Gasteiger partial charge in [-0.1, -0.05) is 29.3 Å². The van der Waals surface area contributed by atoms with Crippen molar-refractivity contribution in [2.45, 2.75) is 13.0 Å². The normalized spacial score (nSPS) is 10.7. The van der Waals surface area contributed by atoms with Crippen molar-refractivity contribution in [3.8, 4) is 0 Å². The summed E-state index contributed by atoms with van der Waals surface area (Å²) in [6.45, 7) is 0.347.